The van der Waals surface area contributed by atoms with Crippen molar-refractivity contribution < 1.29 is 13.5 Å². The zero-order valence-electron chi connectivity index (χ0n) is 10.7. The number of methoxy groups -OCH3 is 1. The lowest BCUT2D eigenvalue weighted by molar-refractivity contribution is 0.416. The molecular weight excluding hydrogens is 286 g/mol. The van der Waals surface area contributed by atoms with Crippen molar-refractivity contribution >= 4 is 23.0 Å². The van der Waals surface area contributed by atoms with Gasteiger partial charge in [0.15, 0.2) is 0 Å². The summed E-state index contributed by atoms with van der Waals surface area (Å²) in [5.74, 6) is -0.599. The SMILES string of the molecule is COc1cc(NCc2ccc(F)c(Cl)c2)c(F)cc1N. The van der Waals surface area contributed by atoms with Gasteiger partial charge in [-0.1, -0.05) is 17.7 Å². The Balaban J connectivity index is 2.16. The van der Waals surface area contributed by atoms with Crippen LogP contribution in [0.3, 0.4) is 0 Å². The van der Waals surface area contributed by atoms with Gasteiger partial charge in [-0.3, -0.25) is 0 Å². The first kappa shape index (κ1) is 14.4. The molecule has 3 N–H and O–H groups in total. The normalized spacial score (nSPS) is 10.4. The second-order valence-electron chi connectivity index (χ2n) is 4.18. The predicted octanol–water partition coefficient (Wildman–Crippen LogP) is 3.82. The van der Waals surface area contributed by atoms with Gasteiger partial charge in [0.05, 0.1) is 23.5 Å². The van der Waals surface area contributed by atoms with Gasteiger partial charge in [0.1, 0.15) is 17.4 Å². The van der Waals surface area contributed by atoms with Crippen LogP contribution in [-0.4, -0.2) is 7.11 Å². The van der Waals surface area contributed by atoms with Gasteiger partial charge in [0.2, 0.25) is 0 Å². The van der Waals surface area contributed by atoms with Crippen LogP contribution in [0.1, 0.15) is 5.56 Å². The zero-order chi connectivity index (χ0) is 14.7. The highest BCUT2D eigenvalue weighted by molar-refractivity contribution is 6.30. The van der Waals surface area contributed by atoms with Crippen LogP contribution < -0.4 is 15.8 Å². The molecule has 0 aromatic heterocycles. The van der Waals surface area contributed by atoms with Gasteiger partial charge in [0.25, 0.3) is 0 Å². The lowest BCUT2D eigenvalue weighted by Gasteiger charge is -2.11. The molecule has 2 rings (SSSR count). The van der Waals surface area contributed by atoms with Crippen LogP contribution >= 0.6 is 11.6 Å². The molecule has 6 heteroatoms. The summed E-state index contributed by atoms with van der Waals surface area (Å²) in [5.41, 5.74) is 6.79. The Morgan fingerprint density at radius 1 is 1.20 bits per heavy atom. The Morgan fingerprint density at radius 3 is 2.60 bits per heavy atom. The molecule has 106 valence electrons. The van der Waals surface area contributed by atoms with Gasteiger partial charge in [0, 0.05) is 18.7 Å². The molecule has 0 radical (unpaired) electrons. The van der Waals surface area contributed by atoms with Crippen molar-refractivity contribution in [3.8, 4) is 5.75 Å². The van der Waals surface area contributed by atoms with E-state index in [1.54, 1.807) is 6.07 Å². The van der Waals surface area contributed by atoms with Crippen molar-refractivity contribution in [3.63, 3.8) is 0 Å². The quantitative estimate of drug-likeness (QED) is 0.844. The Kier molecular flexibility index (Phi) is 4.29. The fourth-order valence-corrected chi connectivity index (χ4v) is 1.93. The first-order chi connectivity index (χ1) is 9.51. The van der Waals surface area contributed by atoms with Crippen LogP contribution in [0.15, 0.2) is 30.3 Å². The highest BCUT2D eigenvalue weighted by atomic mass is 35.5. The van der Waals surface area contributed by atoms with Crippen LogP contribution in [0.5, 0.6) is 5.75 Å². The smallest absolute Gasteiger partial charge is 0.148 e. The second-order valence-corrected chi connectivity index (χ2v) is 4.58. The van der Waals surface area contributed by atoms with Crippen LogP contribution in [-0.2, 0) is 6.54 Å². The van der Waals surface area contributed by atoms with Crippen LogP contribution in [0.2, 0.25) is 5.02 Å². The molecular formula is C14H13ClF2N2O. The number of anilines is 2. The third-order valence-electron chi connectivity index (χ3n) is 2.79. The Morgan fingerprint density at radius 2 is 1.95 bits per heavy atom. The fraction of sp³-hybridized carbons (Fsp3) is 0.143. The lowest BCUT2D eigenvalue weighted by Crippen LogP contribution is -2.03. The highest BCUT2D eigenvalue weighted by Gasteiger charge is 2.08. The molecule has 0 spiro atoms. The second kappa shape index (κ2) is 5.96. The maximum Gasteiger partial charge on any atom is 0.148 e. The number of nitrogens with two attached hydrogens (primary N) is 1. The first-order valence-corrected chi connectivity index (χ1v) is 6.20. The number of nitrogen functional groups attached to an aromatic ring is 1. The first-order valence-electron chi connectivity index (χ1n) is 5.82. The molecule has 0 saturated heterocycles. The number of nitrogens with one attached hydrogen (secondary N) is 1. The molecule has 0 fully saturated rings. The molecule has 0 aliphatic rings. The Hall–Kier alpha value is -2.01. The largest absolute Gasteiger partial charge is 0.495 e. The van der Waals surface area contributed by atoms with E-state index in [0.717, 1.165) is 5.56 Å². The summed E-state index contributed by atoms with van der Waals surface area (Å²) in [4.78, 5) is 0. The van der Waals surface area contributed by atoms with Crippen LogP contribution in [0, 0.1) is 11.6 Å². The van der Waals surface area contributed by atoms with Crippen molar-refractivity contribution in [1.82, 2.24) is 0 Å². The molecule has 0 heterocycles. The van der Waals surface area contributed by atoms with E-state index in [0.29, 0.717) is 12.3 Å². The molecule has 0 saturated carbocycles. The molecule has 0 aliphatic heterocycles. The number of hydrogen-bond acceptors (Lipinski definition) is 3. The topological polar surface area (TPSA) is 47.3 Å². The number of benzene rings is 2. The summed E-state index contributed by atoms with van der Waals surface area (Å²) >= 11 is 5.68. The van der Waals surface area contributed by atoms with Crippen LogP contribution in [0.25, 0.3) is 0 Å². The molecule has 20 heavy (non-hydrogen) atoms. The molecule has 0 amide bonds. The average molecular weight is 299 g/mol. The minimum atomic E-state index is -0.490. The highest BCUT2D eigenvalue weighted by Crippen LogP contribution is 2.28. The molecule has 0 unspecified atom stereocenters. The van der Waals surface area contributed by atoms with Crippen molar-refractivity contribution in [1.29, 1.82) is 0 Å². The number of rotatable bonds is 4. The van der Waals surface area contributed by atoms with Gasteiger partial charge < -0.3 is 15.8 Å². The number of halogens is 3. The van der Waals surface area contributed by atoms with Crippen molar-refractivity contribution in [2.45, 2.75) is 6.54 Å². The van der Waals surface area contributed by atoms with E-state index in [9.17, 15) is 8.78 Å². The summed E-state index contributed by atoms with van der Waals surface area (Å²) in [6, 6.07) is 6.96. The van der Waals surface area contributed by atoms with E-state index in [4.69, 9.17) is 22.1 Å². The Bertz CT molecular complexity index is 635. The van der Waals surface area contributed by atoms with Gasteiger partial charge >= 0.3 is 0 Å². The summed E-state index contributed by atoms with van der Waals surface area (Å²) in [7, 11) is 1.45. The summed E-state index contributed by atoms with van der Waals surface area (Å²) < 4.78 is 31.8. The van der Waals surface area contributed by atoms with Gasteiger partial charge in [-0.25, -0.2) is 8.78 Å². The van der Waals surface area contributed by atoms with Crippen molar-refractivity contribution in [2.24, 2.45) is 0 Å². The minimum absolute atomic E-state index is 0.0275. The lowest BCUT2D eigenvalue weighted by atomic mass is 10.2. The zero-order valence-corrected chi connectivity index (χ0v) is 11.5. The van der Waals surface area contributed by atoms with E-state index in [2.05, 4.69) is 5.32 Å². The average Bonchev–Trinajstić information content (AvgIpc) is 2.41. The van der Waals surface area contributed by atoms with Crippen molar-refractivity contribution in [2.75, 3.05) is 18.2 Å². The third-order valence-corrected chi connectivity index (χ3v) is 3.08. The monoisotopic (exact) mass is 298 g/mol. The molecule has 2 aromatic carbocycles. The van der Waals surface area contributed by atoms with E-state index < -0.39 is 11.6 Å². The molecule has 3 nitrogen and oxygen atoms in total. The number of hydrogen-bond donors (Lipinski definition) is 2. The Labute approximate surface area is 120 Å². The standard InChI is InChI=1S/C14H13ClF2N2O/c1-20-14-6-13(11(17)5-12(14)18)19-7-8-2-3-10(16)9(15)4-8/h2-6,19H,7,18H2,1H3. The summed E-state index contributed by atoms with van der Waals surface area (Å²) in [6.07, 6.45) is 0. The maximum absolute atomic E-state index is 13.7. The van der Waals surface area contributed by atoms with Gasteiger partial charge in [-0.2, -0.15) is 0 Å². The van der Waals surface area contributed by atoms with Crippen molar-refractivity contribution in [3.05, 3.63) is 52.6 Å². The number of ether oxygens (including phenoxy) is 1. The van der Waals surface area contributed by atoms with Crippen LogP contribution in [0.4, 0.5) is 20.2 Å². The summed E-state index contributed by atoms with van der Waals surface area (Å²) in [5, 5.41) is 2.91. The minimum Gasteiger partial charge on any atom is -0.495 e. The predicted molar refractivity (Wildman–Crippen MR) is 76.1 cm³/mol. The van der Waals surface area contributed by atoms with Gasteiger partial charge in [-0.05, 0) is 17.7 Å². The third kappa shape index (κ3) is 3.11. The van der Waals surface area contributed by atoms with E-state index >= 15 is 0 Å². The molecule has 2 aromatic rings. The molecule has 0 bridgehead atoms. The van der Waals surface area contributed by atoms with E-state index in [-0.39, 0.29) is 16.4 Å². The summed E-state index contributed by atoms with van der Waals surface area (Å²) in [6.45, 7) is 0.296. The van der Waals surface area contributed by atoms with E-state index in [1.807, 2.05) is 0 Å². The van der Waals surface area contributed by atoms with E-state index in [1.165, 1.54) is 31.4 Å². The maximum atomic E-state index is 13.7. The molecule has 0 atom stereocenters. The molecule has 0 aliphatic carbocycles. The fourth-order valence-electron chi connectivity index (χ4n) is 1.73. The van der Waals surface area contributed by atoms with Gasteiger partial charge in [-0.15, -0.1) is 0 Å².